The Morgan fingerprint density at radius 1 is 1.43 bits per heavy atom. The van der Waals surface area contributed by atoms with E-state index >= 15 is 0 Å². The van der Waals surface area contributed by atoms with Gasteiger partial charge in [-0.05, 0) is 18.2 Å². The summed E-state index contributed by atoms with van der Waals surface area (Å²) in [6, 6.07) is 7.36. The summed E-state index contributed by atoms with van der Waals surface area (Å²) in [5.41, 5.74) is 7.95. The molecule has 1 aromatic carbocycles. The number of aromatic nitrogens is 1. The molecule has 1 aromatic heterocycles. The fourth-order valence-corrected chi connectivity index (χ4v) is 1.37. The van der Waals surface area contributed by atoms with Gasteiger partial charge in [0.25, 0.3) is 0 Å². The molecule has 3 N–H and O–H groups in total. The molecule has 1 heterocycles. The topological polar surface area (TPSA) is 58.9 Å². The molecule has 0 amide bonds. The summed E-state index contributed by atoms with van der Waals surface area (Å²) in [6.07, 6.45) is 0. The lowest BCUT2D eigenvalue weighted by molar-refractivity contribution is 0.101. The molecular formula is C10H11ClN2O. The molecule has 4 heteroatoms. The van der Waals surface area contributed by atoms with Gasteiger partial charge in [0.2, 0.25) is 0 Å². The summed E-state index contributed by atoms with van der Waals surface area (Å²) in [5.74, 6) is 0.0237. The highest BCUT2D eigenvalue weighted by molar-refractivity contribution is 6.01. The van der Waals surface area contributed by atoms with Crippen LogP contribution in [-0.4, -0.2) is 10.8 Å². The van der Waals surface area contributed by atoms with E-state index in [2.05, 4.69) is 4.98 Å². The fourth-order valence-electron chi connectivity index (χ4n) is 1.37. The monoisotopic (exact) mass is 210 g/mol. The number of hydrogen-bond donors (Lipinski definition) is 2. The van der Waals surface area contributed by atoms with E-state index in [1.54, 1.807) is 6.07 Å². The van der Waals surface area contributed by atoms with E-state index in [1.807, 2.05) is 18.2 Å². The zero-order chi connectivity index (χ0) is 9.42. The first-order valence-electron chi connectivity index (χ1n) is 4.06. The SMILES string of the molecule is CC(=O)c1cc2c(N)cccc2[nH]1.Cl. The number of halogens is 1. The number of aromatic amines is 1. The molecule has 14 heavy (non-hydrogen) atoms. The van der Waals surface area contributed by atoms with E-state index in [1.165, 1.54) is 6.92 Å². The second kappa shape index (κ2) is 3.72. The Kier molecular flexibility index (Phi) is 2.81. The van der Waals surface area contributed by atoms with Gasteiger partial charge >= 0.3 is 0 Å². The molecule has 0 unspecified atom stereocenters. The Bertz CT molecular complexity index is 476. The maximum Gasteiger partial charge on any atom is 0.175 e. The van der Waals surface area contributed by atoms with Crippen LogP contribution in [0.4, 0.5) is 5.69 Å². The van der Waals surface area contributed by atoms with Crippen molar-refractivity contribution in [2.24, 2.45) is 0 Å². The van der Waals surface area contributed by atoms with E-state index in [0.717, 1.165) is 10.9 Å². The van der Waals surface area contributed by atoms with Crippen LogP contribution in [0.5, 0.6) is 0 Å². The first kappa shape index (κ1) is 10.6. The van der Waals surface area contributed by atoms with Crippen molar-refractivity contribution in [3.63, 3.8) is 0 Å². The van der Waals surface area contributed by atoms with Gasteiger partial charge in [-0.3, -0.25) is 4.79 Å². The Morgan fingerprint density at radius 2 is 2.14 bits per heavy atom. The van der Waals surface area contributed by atoms with Gasteiger partial charge in [0.15, 0.2) is 5.78 Å². The number of H-pyrrole nitrogens is 1. The zero-order valence-corrected chi connectivity index (χ0v) is 8.52. The lowest BCUT2D eigenvalue weighted by Gasteiger charge is -1.92. The summed E-state index contributed by atoms with van der Waals surface area (Å²) in [5, 5.41) is 0.910. The maximum atomic E-state index is 11.1. The van der Waals surface area contributed by atoms with Crippen molar-refractivity contribution in [2.45, 2.75) is 6.92 Å². The standard InChI is InChI=1S/C10H10N2O.ClH/c1-6(13)10-5-7-8(11)3-2-4-9(7)12-10;/h2-5,12H,11H2,1H3;1H. The summed E-state index contributed by atoms with van der Waals surface area (Å²) < 4.78 is 0. The third-order valence-electron chi connectivity index (χ3n) is 2.08. The molecule has 2 aromatic rings. The Morgan fingerprint density at radius 3 is 2.71 bits per heavy atom. The van der Waals surface area contributed by atoms with Gasteiger partial charge in [0.05, 0.1) is 5.69 Å². The quantitative estimate of drug-likeness (QED) is 0.561. The molecule has 0 atom stereocenters. The molecule has 0 spiro atoms. The van der Waals surface area contributed by atoms with Gasteiger partial charge in [0, 0.05) is 23.5 Å². The van der Waals surface area contributed by atoms with Gasteiger partial charge in [-0.25, -0.2) is 0 Å². The molecule has 0 saturated carbocycles. The average molecular weight is 211 g/mol. The van der Waals surface area contributed by atoms with Gasteiger partial charge in [-0.15, -0.1) is 12.4 Å². The minimum absolute atomic E-state index is 0. The summed E-state index contributed by atoms with van der Waals surface area (Å²) in [7, 11) is 0. The zero-order valence-electron chi connectivity index (χ0n) is 7.70. The molecule has 2 rings (SSSR count). The number of hydrogen-bond acceptors (Lipinski definition) is 2. The molecule has 0 saturated heterocycles. The van der Waals surface area contributed by atoms with Crippen LogP contribution in [0.25, 0.3) is 10.9 Å². The number of nitrogens with two attached hydrogens (primary N) is 1. The van der Waals surface area contributed by atoms with Crippen molar-refractivity contribution >= 4 is 34.8 Å². The number of ketones is 1. The third-order valence-corrected chi connectivity index (χ3v) is 2.08. The van der Waals surface area contributed by atoms with E-state index < -0.39 is 0 Å². The van der Waals surface area contributed by atoms with Crippen LogP contribution < -0.4 is 5.73 Å². The van der Waals surface area contributed by atoms with Crippen LogP contribution in [-0.2, 0) is 0 Å². The molecule has 0 bridgehead atoms. The van der Waals surface area contributed by atoms with Crippen molar-refractivity contribution in [1.82, 2.24) is 4.98 Å². The van der Waals surface area contributed by atoms with Crippen LogP contribution in [0.15, 0.2) is 24.3 Å². The molecule has 0 fully saturated rings. The molecule has 0 aliphatic heterocycles. The highest BCUT2D eigenvalue weighted by Crippen LogP contribution is 2.21. The second-order valence-electron chi connectivity index (χ2n) is 3.05. The summed E-state index contributed by atoms with van der Waals surface area (Å²) in [4.78, 5) is 14.1. The average Bonchev–Trinajstić information content (AvgIpc) is 2.49. The van der Waals surface area contributed by atoms with Crippen molar-refractivity contribution in [2.75, 3.05) is 5.73 Å². The minimum Gasteiger partial charge on any atom is -0.398 e. The van der Waals surface area contributed by atoms with Gasteiger partial charge < -0.3 is 10.7 Å². The molecule has 0 aliphatic rings. The van der Waals surface area contributed by atoms with Crippen molar-refractivity contribution < 1.29 is 4.79 Å². The molecule has 0 aliphatic carbocycles. The smallest absolute Gasteiger partial charge is 0.175 e. The fraction of sp³-hybridized carbons (Fsp3) is 0.100. The number of carbonyl (C=O) groups is 1. The Labute approximate surface area is 87.7 Å². The third kappa shape index (κ3) is 1.59. The number of benzene rings is 1. The second-order valence-corrected chi connectivity index (χ2v) is 3.05. The normalized spacial score (nSPS) is 9.79. The van der Waals surface area contributed by atoms with Crippen LogP contribution in [0, 0.1) is 0 Å². The number of carbonyl (C=O) groups excluding carboxylic acids is 1. The predicted molar refractivity (Wildman–Crippen MR) is 60.0 cm³/mol. The van der Waals surface area contributed by atoms with Gasteiger partial charge in [-0.2, -0.15) is 0 Å². The summed E-state index contributed by atoms with van der Waals surface area (Å²) >= 11 is 0. The first-order chi connectivity index (χ1) is 6.18. The number of nitrogens with one attached hydrogen (secondary N) is 1. The Balaban J connectivity index is 0.000000980. The molecule has 3 nitrogen and oxygen atoms in total. The van der Waals surface area contributed by atoms with Gasteiger partial charge in [-0.1, -0.05) is 6.07 Å². The van der Waals surface area contributed by atoms with E-state index in [0.29, 0.717) is 11.4 Å². The Hall–Kier alpha value is -1.48. The van der Waals surface area contributed by atoms with Crippen LogP contribution in [0.3, 0.4) is 0 Å². The highest BCUT2D eigenvalue weighted by Gasteiger charge is 2.05. The number of rotatable bonds is 1. The van der Waals surface area contributed by atoms with Crippen molar-refractivity contribution in [1.29, 1.82) is 0 Å². The number of fused-ring (bicyclic) bond motifs is 1. The highest BCUT2D eigenvalue weighted by atomic mass is 35.5. The minimum atomic E-state index is 0. The van der Waals surface area contributed by atoms with Crippen LogP contribution in [0.2, 0.25) is 0 Å². The number of Topliss-reactive ketones (excluding diaryl/α,β-unsaturated/α-hetero) is 1. The molecule has 74 valence electrons. The van der Waals surface area contributed by atoms with Crippen LogP contribution >= 0.6 is 12.4 Å². The van der Waals surface area contributed by atoms with Gasteiger partial charge in [0.1, 0.15) is 0 Å². The maximum absolute atomic E-state index is 11.1. The number of nitrogen functional groups attached to an aromatic ring is 1. The van der Waals surface area contributed by atoms with E-state index in [9.17, 15) is 4.79 Å². The van der Waals surface area contributed by atoms with E-state index in [-0.39, 0.29) is 18.2 Å². The summed E-state index contributed by atoms with van der Waals surface area (Å²) in [6.45, 7) is 1.53. The van der Waals surface area contributed by atoms with Crippen molar-refractivity contribution in [3.8, 4) is 0 Å². The largest absolute Gasteiger partial charge is 0.398 e. The predicted octanol–water partition coefficient (Wildman–Crippen LogP) is 2.37. The number of anilines is 1. The lowest BCUT2D eigenvalue weighted by Crippen LogP contribution is -1.89. The van der Waals surface area contributed by atoms with Crippen molar-refractivity contribution in [3.05, 3.63) is 30.0 Å². The molecule has 0 radical (unpaired) electrons. The lowest BCUT2D eigenvalue weighted by atomic mass is 10.2. The first-order valence-corrected chi connectivity index (χ1v) is 4.06. The van der Waals surface area contributed by atoms with Crippen LogP contribution in [0.1, 0.15) is 17.4 Å². The molecular weight excluding hydrogens is 200 g/mol. The van der Waals surface area contributed by atoms with E-state index in [4.69, 9.17) is 5.73 Å².